The SMILES string of the molecule is O=C(NCCSCc1cccs1)[C@H]1CCCN(C(=O)Nc2ccccc2)C1. The Morgan fingerprint density at radius 3 is 2.81 bits per heavy atom. The van der Waals surface area contributed by atoms with Gasteiger partial charge in [0.2, 0.25) is 5.91 Å². The summed E-state index contributed by atoms with van der Waals surface area (Å²) in [6.45, 7) is 1.84. The zero-order chi connectivity index (χ0) is 18.9. The minimum Gasteiger partial charge on any atom is -0.355 e. The van der Waals surface area contributed by atoms with Gasteiger partial charge in [-0.1, -0.05) is 24.3 Å². The van der Waals surface area contributed by atoms with Gasteiger partial charge in [0.1, 0.15) is 0 Å². The molecule has 0 spiro atoms. The molecule has 1 atom stereocenters. The molecule has 2 N–H and O–H groups in total. The molecule has 3 rings (SSSR count). The first-order valence-corrected chi connectivity index (χ1v) is 11.2. The number of urea groups is 1. The van der Waals surface area contributed by atoms with Crippen LogP contribution in [0.2, 0.25) is 0 Å². The quantitative estimate of drug-likeness (QED) is 0.686. The summed E-state index contributed by atoms with van der Waals surface area (Å²) in [6.07, 6.45) is 1.69. The lowest BCUT2D eigenvalue weighted by Crippen LogP contribution is -2.47. The van der Waals surface area contributed by atoms with Crippen LogP contribution in [0.3, 0.4) is 0 Å². The Bertz CT molecular complexity index is 722. The molecule has 0 unspecified atom stereocenters. The van der Waals surface area contributed by atoms with E-state index in [1.165, 1.54) is 4.88 Å². The highest BCUT2D eigenvalue weighted by atomic mass is 32.2. The second-order valence-corrected chi connectivity index (χ2v) is 8.64. The number of thioether (sulfide) groups is 1. The molecule has 1 saturated heterocycles. The number of piperidine rings is 1. The predicted octanol–water partition coefficient (Wildman–Crippen LogP) is 4.04. The molecule has 0 aliphatic carbocycles. The number of anilines is 1. The molecule has 3 amide bonds. The van der Waals surface area contributed by atoms with Crippen molar-refractivity contribution in [2.45, 2.75) is 18.6 Å². The van der Waals surface area contributed by atoms with Crippen LogP contribution in [-0.2, 0) is 10.5 Å². The molecule has 0 radical (unpaired) electrons. The first kappa shape index (κ1) is 19.8. The number of hydrogen-bond acceptors (Lipinski definition) is 4. The maximum Gasteiger partial charge on any atom is 0.321 e. The van der Waals surface area contributed by atoms with Crippen molar-refractivity contribution in [3.63, 3.8) is 0 Å². The van der Waals surface area contributed by atoms with E-state index >= 15 is 0 Å². The number of hydrogen-bond donors (Lipinski definition) is 2. The van der Waals surface area contributed by atoms with Crippen molar-refractivity contribution in [3.05, 3.63) is 52.7 Å². The van der Waals surface area contributed by atoms with Crippen molar-refractivity contribution in [1.29, 1.82) is 0 Å². The van der Waals surface area contributed by atoms with E-state index in [0.29, 0.717) is 19.6 Å². The summed E-state index contributed by atoms with van der Waals surface area (Å²) in [6, 6.07) is 13.5. The van der Waals surface area contributed by atoms with Gasteiger partial charge >= 0.3 is 6.03 Å². The molecule has 144 valence electrons. The summed E-state index contributed by atoms with van der Waals surface area (Å²) in [5.74, 6) is 1.82. The molecule has 0 bridgehead atoms. The molecule has 1 aromatic carbocycles. The fourth-order valence-electron chi connectivity index (χ4n) is 3.06. The maximum absolute atomic E-state index is 12.4. The minimum atomic E-state index is -0.134. The van der Waals surface area contributed by atoms with Crippen LogP contribution in [0.1, 0.15) is 17.7 Å². The van der Waals surface area contributed by atoms with E-state index in [4.69, 9.17) is 0 Å². The van der Waals surface area contributed by atoms with E-state index in [1.807, 2.05) is 42.1 Å². The van der Waals surface area contributed by atoms with Crippen molar-refractivity contribution >= 4 is 40.7 Å². The smallest absolute Gasteiger partial charge is 0.321 e. The molecule has 1 aliphatic heterocycles. The number of carbonyl (C=O) groups is 2. The van der Waals surface area contributed by atoms with Crippen molar-refractivity contribution < 1.29 is 9.59 Å². The van der Waals surface area contributed by atoms with Gasteiger partial charge in [-0.2, -0.15) is 11.8 Å². The predicted molar refractivity (Wildman–Crippen MR) is 113 cm³/mol. The fourth-order valence-corrected chi connectivity index (χ4v) is 4.76. The highest BCUT2D eigenvalue weighted by Crippen LogP contribution is 2.19. The highest BCUT2D eigenvalue weighted by Gasteiger charge is 2.28. The van der Waals surface area contributed by atoms with E-state index < -0.39 is 0 Å². The van der Waals surface area contributed by atoms with Gasteiger partial charge in [0.25, 0.3) is 0 Å². The van der Waals surface area contributed by atoms with E-state index in [0.717, 1.165) is 30.0 Å². The Balaban J connectivity index is 1.37. The first-order chi connectivity index (χ1) is 13.2. The van der Waals surface area contributed by atoms with Crippen molar-refractivity contribution in [3.8, 4) is 0 Å². The third-order valence-corrected chi connectivity index (χ3v) is 6.54. The topological polar surface area (TPSA) is 61.4 Å². The Morgan fingerprint density at radius 2 is 2.04 bits per heavy atom. The van der Waals surface area contributed by atoms with Gasteiger partial charge in [-0.3, -0.25) is 4.79 Å². The molecule has 2 aromatic rings. The van der Waals surface area contributed by atoms with E-state index in [9.17, 15) is 9.59 Å². The Labute approximate surface area is 168 Å². The van der Waals surface area contributed by atoms with Crippen LogP contribution in [-0.4, -0.2) is 42.2 Å². The summed E-state index contributed by atoms with van der Waals surface area (Å²) in [4.78, 5) is 28.0. The van der Waals surface area contributed by atoms with Crippen LogP contribution in [0.4, 0.5) is 10.5 Å². The summed E-state index contributed by atoms with van der Waals surface area (Å²) in [5.41, 5.74) is 0.775. The summed E-state index contributed by atoms with van der Waals surface area (Å²) >= 11 is 3.59. The molecule has 0 saturated carbocycles. The maximum atomic E-state index is 12.4. The Kier molecular flexibility index (Phi) is 7.59. The molecule has 7 heteroatoms. The molecular weight excluding hydrogens is 378 g/mol. The van der Waals surface area contributed by atoms with Gasteiger partial charge in [-0.05, 0) is 36.4 Å². The van der Waals surface area contributed by atoms with E-state index in [-0.39, 0.29) is 17.9 Å². The average molecular weight is 404 g/mol. The monoisotopic (exact) mass is 403 g/mol. The Hall–Kier alpha value is -1.99. The Morgan fingerprint density at radius 1 is 1.19 bits per heavy atom. The van der Waals surface area contributed by atoms with Crippen LogP contribution in [0.25, 0.3) is 0 Å². The van der Waals surface area contributed by atoms with Crippen molar-refractivity contribution in [2.24, 2.45) is 5.92 Å². The number of amides is 3. The lowest BCUT2D eigenvalue weighted by molar-refractivity contribution is -0.126. The number of thiophene rings is 1. The lowest BCUT2D eigenvalue weighted by atomic mass is 9.97. The van der Waals surface area contributed by atoms with E-state index in [1.54, 1.807) is 16.2 Å². The number of nitrogens with zero attached hydrogens (tertiary/aromatic N) is 1. The third-order valence-electron chi connectivity index (χ3n) is 4.47. The summed E-state index contributed by atoms with van der Waals surface area (Å²) < 4.78 is 0. The zero-order valence-electron chi connectivity index (χ0n) is 15.2. The molecule has 27 heavy (non-hydrogen) atoms. The normalized spacial score (nSPS) is 16.7. The van der Waals surface area contributed by atoms with Crippen LogP contribution < -0.4 is 10.6 Å². The van der Waals surface area contributed by atoms with Gasteiger partial charge in [0, 0.05) is 41.7 Å². The van der Waals surface area contributed by atoms with Gasteiger partial charge in [-0.25, -0.2) is 4.79 Å². The molecule has 2 heterocycles. The number of nitrogens with one attached hydrogen (secondary N) is 2. The third kappa shape index (κ3) is 6.29. The molecule has 1 aromatic heterocycles. The number of rotatable bonds is 7. The van der Waals surface area contributed by atoms with Gasteiger partial charge in [0.05, 0.1) is 5.92 Å². The second kappa shape index (κ2) is 10.4. The molecule has 1 fully saturated rings. The number of carbonyl (C=O) groups excluding carboxylic acids is 2. The summed E-state index contributed by atoms with van der Waals surface area (Å²) in [7, 11) is 0. The fraction of sp³-hybridized carbons (Fsp3) is 0.400. The van der Waals surface area contributed by atoms with Gasteiger partial charge in [0.15, 0.2) is 0 Å². The van der Waals surface area contributed by atoms with Crippen LogP contribution in [0.5, 0.6) is 0 Å². The van der Waals surface area contributed by atoms with Crippen LogP contribution in [0, 0.1) is 5.92 Å². The van der Waals surface area contributed by atoms with Crippen molar-refractivity contribution in [2.75, 3.05) is 30.7 Å². The highest BCUT2D eigenvalue weighted by molar-refractivity contribution is 7.98. The van der Waals surface area contributed by atoms with Crippen LogP contribution in [0.15, 0.2) is 47.8 Å². The van der Waals surface area contributed by atoms with Gasteiger partial charge in [-0.15, -0.1) is 11.3 Å². The standard InChI is InChI=1S/C20H25N3O2S2/c24-19(21-10-13-26-15-18-9-5-12-27-18)16-6-4-11-23(14-16)20(25)22-17-7-2-1-3-8-17/h1-3,5,7-9,12,16H,4,6,10-11,13-15H2,(H,21,24)(H,22,25)/t16-/m0/s1. The van der Waals surface area contributed by atoms with Crippen LogP contribution >= 0.6 is 23.1 Å². The lowest BCUT2D eigenvalue weighted by Gasteiger charge is -2.32. The largest absolute Gasteiger partial charge is 0.355 e. The molecular formula is C20H25N3O2S2. The second-order valence-electron chi connectivity index (χ2n) is 6.50. The number of likely N-dealkylation sites (tertiary alicyclic amines) is 1. The van der Waals surface area contributed by atoms with Crippen molar-refractivity contribution in [1.82, 2.24) is 10.2 Å². The summed E-state index contributed by atoms with van der Waals surface area (Å²) in [5, 5.41) is 8.01. The van der Waals surface area contributed by atoms with E-state index in [2.05, 4.69) is 28.1 Å². The minimum absolute atomic E-state index is 0.0592. The number of para-hydroxylation sites is 1. The first-order valence-electron chi connectivity index (χ1n) is 9.21. The number of benzene rings is 1. The molecule has 5 nitrogen and oxygen atoms in total. The van der Waals surface area contributed by atoms with Gasteiger partial charge < -0.3 is 15.5 Å². The molecule has 1 aliphatic rings. The zero-order valence-corrected chi connectivity index (χ0v) is 16.9. The average Bonchev–Trinajstić information content (AvgIpc) is 3.22.